The molecule has 0 spiro atoms. The second-order valence-electron chi connectivity index (χ2n) is 12.2. The van der Waals surface area contributed by atoms with Gasteiger partial charge >= 0.3 is 0 Å². The van der Waals surface area contributed by atoms with Gasteiger partial charge < -0.3 is 29.9 Å². The molecular weight excluding hydrogens is 656 g/mol. The number of ether oxygens (including phenoxy) is 2. The summed E-state index contributed by atoms with van der Waals surface area (Å²) in [5.74, 6) is -0.379. The number of nitrogens with zero attached hydrogens (tertiary/aromatic N) is 2. The average molecular weight is 699 g/mol. The van der Waals surface area contributed by atoms with Crippen molar-refractivity contribution >= 4 is 35.0 Å². The average Bonchev–Trinajstić information content (AvgIpc) is 3.20. The van der Waals surface area contributed by atoms with Gasteiger partial charge in [0.2, 0.25) is 11.8 Å². The molecule has 52 heavy (non-hydrogen) atoms. The molecule has 0 aliphatic carbocycles. The van der Waals surface area contributed by atoms with E-state index in [-0.39, 0.29) is 35.8 Å². The quantitative estimate of drug-likeness (QED) is 0.154. The van der Waals surface area contributed by atoms with Gasteiger partial charge in [0.15, 0.2) is 0 Å². The highest BCUT2D eigenvalue weighted by atomic mass is 16.5. The van der Waals surface area contributed by atoms with Crippen LogP contribution in [0.25, 0.3) is 0 Å². The highest BCUT2D eigenvalue weighted by Gasteiger charge is 2.28. The maximum absolute atomic E-state index is 13.8. The first kappa shape index (κ1) is 36.9. The van der Waals surface area contributed by atoms with Crippen LogP contribution < -0.4 is 29.9 Å². The van der Waals surface area contributed by atoms with E-state index in [1.165, 1.54) is 15.9 Å². The number of rotatable bonds is 14. The fourth-order valence-corrected chi connectivity index (χ4v) is 5.72. The predicted molar refractivity (Wildman–Crippen MR) is 202 cm³/mol. The van der Waals surface area contributed by atoms with Gasteiger partial charge in [0, 0.05) is 49.4 Å². The van der Waals surface area contributed by atoms with Crippen molar-refractivity contribution in [2.24, 2.45) is 0 Å². The topological polar surface area (TPSA) is 117 Å². The van der Waals surface area contributed by atoms with E-state index in [0.29, 0.717) is 22.9 Å². The van der Waals surface area contributed by atoms with E-state index in [1.807, 2.05) is 60.7 Å². The van der Waals surface area contributed by atoms with Crippen LogP contribution in [0.15, 0.2) is 133 Å². The number of carbonyl (C=O) groups is 4. The van der Waals surface area contributed by atoms with Crippen LogP contribution in [0.2, 0.25) is 0 Å². The third-order valence-electron chi connectivity index (χ3n) is 8.74. The van der Waals surface area contributed by atoms with E-state index in [1.54, 1.807) is 95.0 Å². The van der Waals surface area contributed by atoms with Crippen LogP contribution in [-0.2, 0) is 22.4 Å². The van der Waals surface area contributed by atoms with E-state index in [9.17, 15) is 19.2 Å². The lowest BCUT2D eigenvalue weighted by Gasteiger charge is -2.25. The van der Waals surface area contributed by atoms with Gasteiger partial charge in [-0.25, -0.2) is 0 Å². The molecule has 5 rings (SSSR count). The summed E-state index contributed by atoms with van der Waals surface area (Å²) >= 11 is 0. The van der Waals surface area contributed by atoms with Crippen LogP contribution in [-0.4, -0.2) is 64.0 Å². The van der Waals surface area contributed by atoms with Crippen LogP contribution in [0.1, 0.15) is 31.8 Å². The number of anilines is 2. The van der Waals surface area contributed by atoms with E-state index in [4.69, 9.17) is 9.47 Å². The van der Waals surface area contributed by atoms with E-state index >= 15 is 0 Å². The van der Waals surface area contributed by atoms with Gasteiger partial charge in [0.05, 0.1) is 14.2 Å². The first-order valence-corrected chi connectivity index (χ1v) is 16.8. The van der Waals surface area contributed by atoms with Crippen LogP contribution in [0.5, 0.6) is 11.5 Å². The summed E-state index contributed by atoms with van der Waals surface area (Å²) in [5, 5.41) is 5.80. The molecule has 5 aromatic rings. The molecule has 0 saturated carbocycles. The standard InChI is InChI=1S/C42H42N4O6/c1-45(33-18-22-35(51-3)23-19-33)41(49)37(26-29-12-7-5-8-13-29)43-39(47)31-16-11-17-32(28-31)40(48)44-38(27-30-14-9-6-10-15-30)42(50)46(2)34-20-24-36(52-4)25-21-34/h5-25,28,37-38H,26-27H2,1-4H3,(H,43,47)(H,44,48)/t37-,38?/m1/s1. The van der Waals surface area contributed by atoms with Crippen LogP contribution >= 0.6 is 0 Å². The fourth-order valence-electron chi connectivity index (χ4n) is 5.72. The Morgan fingerprint density at radius 1 is 0.519 bits per heavy atom. The molecule has 0 fully saturated rings. The number of nitrogens with one attached hydrogen (secondary N) is 2. The maximum atomic E-state index is 13.8. The van der Waals surface area contributed by atoms with Gasteiger partial charge in [0.1, 0.15) is 23.6 Å². The van der Waals surface area contributed by atoms with Crippen molar-refractivity contribution in [1.29, 1.82) is 0 Å². The summed E-state index contributed by atoms with van der Waals surface area (Å²) in [4.78, 5) is 58.1. The summed E-state index contributed by atoms with van der Waals surface area (Å²) in [6.07, 6.45) is 0.494. The van der Waals surface area contributed by atoms with Crippen molar-refractivity contribution in [3.05, 3.63) is 156 Å². The molecule has 266 valence electrons. The molecule has 5 aromatic carbocycles. The third kappa shape index (κ3) is 9.42. The Morgan fingerprint density at radius 3 is 1.23 bits per heavy atom. The van der Waals surface area contributed by atoms with Gasteiger partial charge in [-0.15, -0.1) is 0 Å². The van der Waals surface area contributed by atoms with Crippen LogP contribution in [0.4, 0.5) is 11.4 Å². The Balaban J connectivity index is 1.35. The van der Waals surface area contributed by atoms with Crippen LogP contribution in [0.3, 0.4) is 0 Å². The molecule has 0 aliphatic heterocycles. The third-order valence-corrected chi connectivity index (χ3v) is 8.74. The summed E-state index contributed by atoms with van der Waals surface area (Å²) in [6, 6.07) is 37.3. The van der Waals surface area contributed by atoms with Crippen molar-refractivity contribution in [1.82, 2.24) is 10.6 Å². The second-order valence-corrected chi connectivity index (χ2v) is 12.2. The van der Waals surface area contributed by atoms with Crippen molar-refractivity contribution in [2.75, 3.05) is 38.1 Å². The molecule has 2 N–H and O–H groups in total. The molecule has 0 aliphatic rings. The van der Waals surface area contributed by atoms with Gasteiger partial charge in [-0.1, -0.05) is 66.7 Å². The van der Waals surface area contributed by atoms with E-state index in [0.717, 1.165) is 11.1 Å². The normalized spacial score (nSPS) is 11.8. The first-order valence-electron chi connectivity index (χ1n) is 16.8. The zero-order valence-electron chi connectivity index (χ0n) is 29.6. The molecular formula is C42H42N4O6. The molecule has 0 heterocycles. The van der Waals surface area contributed by atoms with Crippen molar-refractivity contribution in [3.63, 3.8) is 0 Å². The molecule has 0 bridgehead atoms. The SMILES string of the molecule is COc1ccc(N(C)C(=O)C(Cc2ccccc2)NC(=O)c2cccc(C(=O)N[C@H](Cc3ccccc3)C(=O)N(C)c3ccc(OC)cc3)c2)cc1. The zero-order valence-corrected chi connectivity index (χ0v) is 29.6. The fraction of sp³-hybridized carbons (Fsp3) is 0.190. The Labute approximate surface area is 304 Å². The van der Waals surface area contributed by atoms with Gasteiger partial charge in [0.25, 0.3) is 11.8 Å². The van der Waals surface area contributed by atoms with Gasteiger partial charge in [-0.3, -0.25) is 19.2 Å². The van der Waals surface area contributed by atoms with Crippen molar-refractivity contribution < 1.29 is 28.7 Å². The Morgan fingerprint density at radius 2 is 0.885 bits per heavy atom. The minimum atomic E-state index is -0.916. The van der Waals surface area contributed by atoms with Crippen molar-refractivity contribution in [3.8, 4) is 11.5 Å². The Hall–Kier alpha value is -6.42. The molecule has 4 amide bonds. The maximum Gasteiger partial charge on any atom is 0.251 e. The predicted octanol–water partition coefficient (Wildman–Crippen LogP) is 5.71. The molecule has 0 radical (unpaired) electrons. The molecule has 10 heteroatoms. The number of hydrogen-bond donors (Lipinski definition) is 2. The summed E-state index contributed by atoms with van der Waals surface area (Å²) in [5.41, 5.74) is 3.37. The lowest BCUT2D eigenvalue weighted by Crippen LogP contribution is -2.49. The number of benzene rings is 5. The minimum absolute atomic E-state index is 0.187. The zero-order chi connectivity index (χ0) is 37.0. The summed E-state index contributed by atoms with van der Waals surface area (Å²) < 4.78 is 10.5. The number of likely N-dealkylation sites (N-methyl/N-ethyl adjacent to an activating group) is 2. The van der Waals surface area contributed by atoms with E-state index in [2.05, 4.69) is 10.6 Å². The largest absolute Gasteiger partial charge is 0.497 e. The minimum Gasteiger partial charge on any atom is -0.497 e. The number of hydrogen-bond acceptors (Lipinski definition) is 6. The lowest BCUT2D eigenvalue weighted by molar-refractivity contribution is -0.120. The summed E-state index contributed by atoms with van der Waals surface area (Å²) in [6.45, 7) is 0. The smallest absolute Gasteiger partial charge is 0.251 e. The molecule has 0 saturated heterocycles. The van der Waals surface area contributed by atoms with E-state index < -0.39 is 23.9 Å². The van der Waals surface area contributed by atoms with Crippen LogP contribution in [0, 0.1) is 0 Å². The highest BCUT2D eigenvalue weighted by molar-refractivity contribution is 6.05. The second kappa shape index (κ2) is 17.5. The Kier molecular flexibility index (Phi) is 12.4. The molecule has 0 aromatic heterocycles. The molecule has 2 atom stereocenters. The lowest BCUT2D eigenvalue weighted by atomic mass is 10.0. The highest BCUT2D eigenvalue weighted by Crippen LogP contribution is 2.21. The number of amides is 4. The van der Waals surface area contributed by atoms with Gasteiger partial charge in [-0.05, 0) is 77.9 Å². The van der Waals surface area contributed by atoms with Crippen molar-refractivity contribution in [2.45, 2.75) is 24.9 Å². The van der Waals surface area contributed by atoms with Gasteiger partial charge in [-0.2, -0.15) is 0 Å². The summed E-state index contributed by atoms with van der Waals surface area (Å²) in [7, 11) is 6.44. The Bertz CT molecular complexity index is 1830. The monoisotopic (exact) mass is 698 g/mol. The molecule has 10 nitrogen and oxygen atoms in total. The molecule has 1 unspecified atom stereocenters. The number of methoxy groups -OCH3 is 2. The first-order chi connectivity index (χ1) is 25.2. The number of carbonyl (C=O) groups excluding carboxylic acids is 4.